The van der Waals surface area contributed by atoms with Gasteiger partial charge in [-0.1, -0.05) is 6.92 Å². The fourth-order valence-electron chi connectivity index (χ4n) is 1.97. The molecule has 0 aliphatic carbocycles. The number of nitrogens with two attached hydrogens (primary N) is 1. The fourth-order valence-corrected chi connectivity index (χ4v) is 2.88. The number of hydrogen-bond donors (Lipinski definition) is 1. The molecule has 100 valence electrons. The summed E-state index contributed by atoms with van der Waals surface area (Å²) in [5.74, 6) is 1.59. The summed E-state index contributed by atoms with van der Waals surface area (Å²) in [6.07, 6.45) is 0.897. The molecule has 0 saturated carbocycles. The molecule has 0 saturated heterocycles. The van der Waals surface area contributed by atoms with Crippen LogP contribution in [0.3, 0.4) is 0 Å². The third kappa shape index (κ3) is 2.43. The Kier molecular flexibility index (Phi) is 3.40. The SMILES string of the molecule is CCC(N)c1nc(-c2ccc3c(c2)OCCO3)cs1. The number of fused-ring (bicyclic) bond motifs is 1. The van der Waals surface area contributed by atoms with Gasteiger partial charge in [-0.25, -0.2) is 4.98 Å². The molecule has 0 spiro atoms. The second-order valence-corrected chi connectivity index (χ2v) is 5.33. The molecule has 1 unspecified atom stereocenters. The van der Waals surface area contributed by atoms with Gasteiger partial charge in [-0.2, -0.15) is 0 Å². The molecule has 1 aromatic carbocycles. The van der Waals surface area contributed by atoms with Gasteiger partial charge in [-0.15, -0.1) is 11.3 Å². The number of benzene rings is 1. The van der Waals surface area contributed by atoms with E-state index in [0.717, 1.165) is 34.2 Å². The van der Waals surface area contributed by atoms with Gasteiger partial charge in [0.05, 0.1) is 11.7 Å². The van der Waals surface area contributed by atoms with Crippen molar-refractivity contribution in [3.63, 3.8) is 0 Å². The topological polar surface area (TPSA) is 57.4 Å². The van der Waals surface area contributed by atoms with Gasteiger partial charge in [0.2, 0.25) is 0 Å². The van der Waals surface area contributed by atoms with E-state index in [9.17, 15) is 0 Å². The third-order valence-corrected chi connectivity index (χ3v) is 4.09. The van der Waals surface area contributed by atoms with E-state index in [4.69, 9.17) is 15.2 Å². The zero-order valence-corrected chi connectivity index (χ0v) is 11.6. The van der Waals surface area contributed by atoms with Crippen LogP contribution in [0.1, 0.15) is 24.4 Å². The highest BCUT2D eigenvalue weighted by Gasteiger charge is 2.15. The summed E-state index contributed by atoms with van der Waals surface area (Å²) in [6, 6.07) is 5.94. The van der Waals surface area contributed by atoms with Crippen LogP contribution in [0.5, 0.6) is 11.5 Å². The summed E-state index contributed by atoms with van der Waals surface area (Å²) in [5.41, 5.74) is 7.98. The standard InChI is InChI=1S/C14H16N2O2S/c1-2-10(15)14-16-11(8-19-14)9-3-4-12-13(7-9)18-6-5-17-12/h3-4,7-8,10H,2,5-6,15H2,1H3. The second-order valence-electron chi connectivity index (χ2n) is 4.44. The first-order valence-electron chi connectivity index (χ1n) is 6.39. The molecular formula is C14H16N2O2S. The first-order chi connectivity index (χ1) is 9.28. The van der Waals surface area contributed by atoms with E-state index in [0.29, 0.717) is 13.2 Å². The largest absolute Gasteiger partial charge is 0.486 e. The predicted molar refractivity (Wildman–Crippen MR) is 75.8 cm³/mol. The van der Waals surface area contributed by atoms with E-state index in [1.54, 1.807) is 11.3 Å². The molecule has 1 aromatic heterocycles. The van der Waals surface area contributed by atoms with Crippen molar-refractivity contribution in [2.75, 3.05) is 13.2 Å². The van der Waals surface area contributed by atoms with Crippen LogP contribution in [-0.2, 0) is 0 Å². The molecule has 4 nitrogen and oxygen atoms in total. The van der Waals surface area contributed by atoms with Crippen molar-refractivity contribution in [1.29, 1.82) is 0 Å². The van der Waals surface area contributed by atoms with Crippen molar-refractivity contribution in [2.45, 2.75) is 19.4 Å². The highest BCUT2D eigenvalue weighted by Crippen LogP contribution is 2.35. The van der Waals surface area contributed by atoms with Gasteiger partial charge in [0.25, 0.3) is 0 Å². The van der Waals surface area contributed by atoms with Crippen LogP contribution in [0.15, 0.2) is 23.6 Å². The number of nitrogens with zero attached hydrogens (tertiary/aromatic N) is 1. The maximum atomic E-state index is 6.00. The third-order valence-electron chi connectivity index (χ3n) is 3.12. The highest BCUT2D eigenvalue weighted by atomic mass is 32.1. The van der Waals surface area contributed by atoms with Crippen LogP contribution in [0.2, 0.25) is 0 Å². The van der Waals surface area contributed by atoms with Crippen molar-refractivity contribution in [1.82, 2.24) is 4.98 Å². The van der Waals surface area contributed by atoms with E-state index in [-0.39, 0.29) is 6.04 Å². The smallest absolute Gasteiger partial charge is 0.162 e. The fraction of sp³-hybridized carbons (Fsp3) is 0.357. The van der Waals surface area contributed by atoms with Crippen LogP contribution in [0.25, 0.3) is 11.3 Å². The van der Waals surface area contributed by atoms with Crippen molar-refractivity contribution >= 4 is 11.3 Å². The lowest BCUT2D eigenvalue weighted by atomic mass is 10.1. The Hall–Kier alpha value is -1.59. The lowest BCUT2D eigenvalue weighted by molar-refractivity contribution is 0.171. The zero-order chi connectivity index (χ0) is 13.2. The molecule has 1 aliphatic rings. The number of ether oxygens (including phenoxy) is 2. The van der Waals surface area contributed by atoms with Crippen molar-refractivity contribution in [2.24, 2.45) is 5.73 Å². The normalized spacial score (nSPS) is 15.3. The summed E-state index contributed by atoms with van der Waals surface area (Å²) in [6.45, 7) is 3.27. The van der Waals surface area contributed by atoms with Crippen molar-refractivity contribution in [3.8, 4) is 22.8 Å². The molecule has 5 heteroatoms. The summed E-state index contributed by atoms with van der Waals surface area (Å²) in [4.78, 5) is 4.60. The van der Waals surface area contributed by atoms with Crippen molar-refractivity contribution < 1.29 is 9.47 Å². The Labute approximate surface area is 116 Å². The molecule has 2 N–H and O–H groups in total. The molecular weight excluding hydrogens is 260 g/mol. The van der Waals surface area contributed by atoms with Crippen LogP contribution >= 0.6 is 11.3 Å². The molecule has 0 radical (unpaired) electrons. The van der Waals surface area contributed by atoms with Gasteiger partial charge in [0, 0.05) is 10.9 Å². The van der Waals surface area contributed by atoms with Crippen LogP contribution in [0, 0.1) is 0 Å². The molecule has 1 atom stereocenters. The van der Waals surface area contributed by atoms with E-state index < -0.39 is 0 Å². The van der Waals surface area contributed by atoms with E-state index in [2.05, 4.69) is 11.9 Å². The second kappa shape index (κ2) is 5.19. The van der Waals surface area contributed by atoms with E-state index >= 15 is 0 Å². The first kappa shape index (κ1) is 12.4. The summed E-state index contributed by atoms with van der Waals surface area (Å²) < 4.78 is 11.1. The maximum Gasteiger partial charge on any atom is 0.162 e. The number of rotatable bonds is 3. The Balaban J connectivity index is 1.91. The Morgan fingerprint density at radius 2 is 2.11 bits per heavy atom. The summed E-state index contributed by atoms with van der Waals surface area (Å²) in [5, 5.41) is 3.02. The maximum absolute atomic E-state index is 6.00. The van der Waals surface area contributed by atoms with Gasteiger partial charge in [0.1, 0.15) is 18.2 Å². The molecule has 0 bridgehead atoms. The molecule has 1 aliphatic heterocycles. The van der Waals surface area contributed by atoms with Gasteiger partial charge in [-0.05, 0) is 24.6 Å². The summed E-state index contributed by atoms with van der Waals surface area (Å²) >= 11 is 1.61. The summed E-state index contributed by atoms with van der Waals surface area (Å²) in [7, 11) is 0. The van der Waals surface area contributed by atoms with Crippen LogP contribution < -0.4 is 15.2 Å². The molecule has 0 amide bonds. The zero-order valence-electron chi connectivity index (χ0n) is 10.8. The molecule has 3 rings (SSSR count). The highest BCUT2D eigenvalue weighted by molar-refractivity contribution is 7.10. The molecule has 2 aromatic rings. The van der Waals surface area contributed by atoms with Gasteiger partial charge < -0.3 is 15.2 Å². The average Bonchev–Trinajstić information content (AvgIpc) is 2.95. The Morgan fingerprint density at radius 3 is 2.89 bits per heavy atom. The lowest BCUT2D eigenvalue weighted by Gasteiger charge is -2.18. The van der Waals surface area contributed by atoms with E-state index in [1.807, 2.05) is 23.6 Å². The quantitative estimate of drug-likeness (QED) is 0.936. The Morgan fingerprint density at radius 1 is 1.32 bits per heavy atom. The van der Waals surface area contributed by atoms with Crippen LogP contribution in [-0.4, -0.2) is 18.2 Å². The minimum atomic E-state index is 0.0240. The van der Waals surface area contributed by atoms with E-state index in [1.165, 1.54) is 0 Å². The molecule has 0 fully saturated rings. The first-order valence-corrected chi connectivity index (χ1v) is 7.27. The number of hydrogen-bond acceptors (Lipinski definition) is 5. The monoisotopic (exact) mass is 276 g/mol. The minimum absolute atomic E-state index is 0.0240. The molecule has 2 heterocycles. The average molecular weight is 276 g/mol. The minimum Gasteiger partial charge on any atom is -0.486 e. The number of thiazole rings is 1. The number of aromatic nitrogens is 1. The van der Waals surface area contributed by atoms with Gasteiger partial charge in [0.15, 0.2) is 11.5 Å². The predicted octanol–water partition coefficient (Wildman–Crippen LogP) is 2.99. The lowest BCUT2D eigenvalue weighted by Crippen LogP contribution is -2.15. The van der Waals surface area contributed by atoms with Crippen LogP contribution in [0.4, 0.5) is 0 Å². The van der Waals surface area contributed by atoms with Gasteiger partial charge in [-0.3, -0.25) is 0 Å². The Bertz CT molecular complexity index is 583. The van der Waals surface area contributed by atoms with Gasteiger partial charge >= 0.3 is 0 Å². The molecule has 19 heavy (non-hydrogen) atoms. The van der Waals surface area contributed by atoms with Crippen molar-refractivity contribution in [3.05, 3.63) is 28.6 Å².